The lowest BCUT2D eigenvalue weighted by Gasteiger charge is -2.07. The number of hydrogen-bond donors (Lipinski definition) is 0. The molecule has 0 bridgehead atoms. The number of methoxy groups -OCH3 is 1. The molecule has 6 heteroatoms. The SMILES string of the molecule is COc1cc(COS(=O)(=O)c2ccc(C)cc2)ccn1. The van der Waals surface area contributed by atoms with Crippen LogP contribution in [0, 0.1) is 6.92 Å². The van der Waals surface area contributed by atoms with Crippen LogP contribution in [0.5, 0.6) is 5.88 Å². The van der Waals surface area contributed by atoms with E-state index in [1.54, 1.807) is 24.3 Å². The minimum absolute atomic E-state index is 0.0604. The van der Waals surface area contributed by atoms with E-state index in [1.165, 1.54) is 25.4 Å². The van der Waals surface area contributed by atoms with Crippen LogP contribution in [0.15, 0.2) is 47.5 Å². The first-order valence-corrected chi connectivity index (χ1v) is 7.37. The molecule has 0 radical (unpaired) electrons. The fraction of sp³-hybridized carbons (Fsp3) is 0.214. The lowest BCUT2D eigenvalue weighted by molar-refractivity contribution is 0.306. The van der Waals surface area contributed by atoms with Gasteiger partial charge in [0.1, 0.15) is 0 Å². The van der Waals surface area contributed by atoms with Crippen molar-refractivity contribution in [1.29, 1.82) is 0 Å². The first-order chi connectivity index (χ1) is 9.51. The van der Waals surface area contributed by atoms with Gasteiger partial charge in [-0.25, -0.2) is 4.98 Å². The molecular weight excluding hydrogens is 278 g/mol. The normalized spacial score (nSPS) is 11.3. The molecule has 1 heterocycles. The van der Waals surface area contributed by atoms with Gasteiger partial charge in [-0.15, -0.1) is 0 Å². The highest BCUT2D eigenvalue weighted by Crippen LogP contribution is 2.16. The fourth-order valence-electron chi connectivity index (χ4n) is 1.57. The molecule has 0 aliphatic heterocycles. The van der Waals surface area contributed by atoms with Crippen LogP contribution < -0.4 is 4.74 Å². The molecule has 0 spiro atoms. The number of ether oxygens (including phenoxy) is 1. The molecule has 0 aliphatic rings. The summed E-state index contributed by atoms with van der Waals surface area (Å²) in [6.07, 6.45) is 1.54. The Morgan fingerprint density at radius 3 is 2.50 bits per heavy atom. The van der Waals surface area contributed by atoms with Gasteiger partial charge in [-0.1, -0.05) is 17.7 Å². The third-order valence-corrected chi connectivity index (χ3v) is 3.98. The van der Waals surface area contributed by atoms with Gasteiger partial charge in [-0.2, -0.15) is 8.42 Å². The van der Waals surface area contributed by atoms with Gasteiger partial charge in [0, 0.05) is 12.3 Å². The average Bonchev–Trinajstić information content (AvgIpc) is 2.46. The molecule has 1 aromatic heterocycles. The molecule has 2 rings (SSSR count). The zero-order valence-corrected chi connectivity index (χ0v) is 12.1. The first kappa shape index (κ1) is 14.5. The topological polar surface area (TPSA) is 65.5 Å². The van der Waals surface area contributed by atoms with Crippen molar-refractivity contribution in [2.45, 2.75) is 18.4 Å². The van der Waals surface area contributed by atoms with E-state index in [0.29, 0.717) is 11.4 Å². The van der Waals surface area contributed by atoms with Crippen molar-refractivity contribution < 1.29 is 17.3 Å². The van der Waals surface area contributed by atoms with E-state index in [0.717, 1.165) is 5.56 Å². The number of nitrogens with zero attached hydrogens (tertiary/aromatic N) is 1. The van der Waals surface area contributed by atoms with E-state index < -0.39 is 10.1 Å². The summed E-state index contributed by atoms with van der Waals surface area (Å²) in [5.74, 6) is 0.416. The number of aromatic nitrogens is 1. The van der Waals surface area contributed by atoms with E-state index in [9.17, 15) is 8.42 Å². The van der Waals surface area contributed by atoms with Gasteiger partial charge in [0.15, 0.2) is 0 Å². The van der Waals surface area contributed by atoms with Crippen LogP contribution in [0.4, 0.5) is 0 Å². The van der Waals surface area contributed by atoms with Crippen molar-refractivity contribution >= 4 is 10.1 Å². The third kappa shape index (κ3) is 3.55. The molecule has 0 saturated carbocycles. The van der Waals surface area contributed by atoms with E-state index in [4.69, 9.17) is 8.92 Å². The second-order valence-corrected chi connectivity index (χ2v) is 5.85. The largest absolute Gasteiger partial charge is 0.481 e. The molecule has 1 aromatic carbocycles. The summed E-state index contributed by atoms with van der Waals surface area (Å²) < 4.78 is 34.0. The van der Waals surface area contributed by atoms with Gasteiger partial charge in [0.05, 0.1) is 18.6 Å². The van der Waals surface area contributed by atoms with Gasteiger partial charge in [-0.05, 0) is 30.7 Å². The van der Waals surface area contributed by atoms with E-state index >= 15 is 0 Å². The average molecular weight is 293 g/mol. The van der Waals surface area contributed by atoms with Gasteiger partial charge >= 0.3 is 0 Å². The molecule has 0 atom stereocenters. The molecule has 0 fully saturated rings. The van der Waals surface area contributed by atoms with E-state index in [-0.39, 0.29) is 11.5 Å². The molecule has 0 N–H and O–H groups in total. The Morgan fingerprint density at radius 2 is 1.85 bits per heavy atom. The highest BCUT2D eigenvalue weighted by atomic mass is 32.2. The molecule has 0 amide bonds. The number of aryl methyl sites for hydroxylation is 1. The molecule has 5 nitrogen and oxygen atoms in total. The molecule has 0 aliphatic carbocycles. The van der Waals surface area contributed by atoms with Crippen LogP contribution in [0.1, 0.15) is 11.1 Å². The second kappa shape index (κ2) is 6.02. The van der Waals surface area contributed by atoms with E-state index in [2.05, 4.69) is 4.98 Å². The van der Waals surface area contributed by atoms with Crippen LogP contribution in [-0.2, 0) is 20.9 Å². The Bertz CT molecular complexity index is 681. The Kier molecular flexibility index (Phi) is 4.36. The van der Waals surface area contributed by atoms with Crippen LogP contribution in [-0.4, -0.2) is 20.5 Å². The number of benzene rings is 1. The van der Waals surface area contributed by atoms with Crippen molar-refractivity contribution in [2.24, 2.45) is 0 Å². The molecule has 20 heavy (non-hydrogen) atoms. The summed E-state index contributed by atoms with van der Waals surface area (Å²) in [4.78, 5) is 4.09. The van der Waals surface area contributed by atoms with Gasteiger partial charge in [0.25, 0.3) is 10.1 Å². The predicted molar refractivity (Wildman–Crippen MR) is 73.9 cm³/mol. The van der Waals surface area contributed by atoms with Crippen molar-refractivity contribution in [2.75, 3.05) is 7.11 Å². The van der Waals surface area contributed by atoms with Crippen LogP contribution in [0.3, 0.4) is 0 Å². The molecule has 0 saturated heterocycles. The zero-order valence-electron chi connectivity index (χ0n) is 11.2. The second-order valence-electron chi connectivity index (χ2n) is 4.24. The monoisotopic (exact) mass is 293 g/mol. The lowest BCUT2D eigenvalue weighted by atomic mass is 10.2. The summed E-state index contributed by atoms with van der Waals surface area (Å²) in [6, 6.07) is 9.81. The minimum Gasteiger partial charge on any atom is -0.481 e. The first-order valence-electron chi connectivity index (χ1n) is 5.96. The Labute approximate surface area is 118 Å². The van der Waals surface area contributed by atoms with Crippen molar-refractivity contribution in [3.63, 3.8) is 0 Å². The smallest absolute Gasteiger partial charge is 0.297 e. The van der Waals surface area contributed by atoms with Crippen LogP contribution >= 0.6 is 0 Å². The van der Waals surface area contributed by atoms with E-state index in [1.807, 2.05) is 6.92 Å². The third-order valence-electron chi connectivity index (χ3n) is 2.70. The summed E-state index contributed by atoms with van der Waals surface area (Å²) >= 11 is 0. The van der Waals surface area contributed by atoms with Crippen LogP contribution in [0.25, 0.3) is 0 Å². The van der Waals surface area contributed by atoms with Gasteiger partial charge in [-0.3, -0.25) is 4.18 Å². The van der Waals surface area contributed by atoms with Gasteiger partial charge in [0.2, 0.25) is 5.88 Å². The molecule has 2 aromatic rings. The maximum atomic E-state index is 12.0. The van der Waals surface area contributed by atoms with Crippen LogP contribution in [0.2, 0.25) is 0 Å². The molecule has 0 unspecified atom stereocenters. The maximum absolute atomic E-state index is 12.0. The van der Waals surface area contributed by atoms with Crippen molar-refractivity contribution in [1.82, 2.24) is 4.98 Å². The highest BCUT2D eigenvalue weighted by Gasteiger charge is 2.15. The fourth-order valence-corrected chi connectivity index (χ4v) is 2.47. The summed E-state index contributed by atoms with van der Waals surface area (Å²) in [5.41, 5.74) is 1.66. The highest BCUT2D eigenvalue weighted by molar-refractivity contribution is 7.86. The summed E-state index contributed by atoms with van der Waals surface area (Å²) in [5, 5.41) is 0. The van der Waals surface area contributed by atoms with Gasteiger partial charge < -0.3 is 4.74 Å². The van der Waals surface area contributed by atoms with Crippen molar-refractivity contribution in [3.05, 3.63) is 53.7 Å². The number of pyridine rings is 1. The Balaban J connectivity index is 2.10. The summed E-state index contributed by atoms with van der Waals surface area (Å²) in [6.45, 7) is 1.83. The van der Waals surface area contributed by atoms with Crippen molar-refractivity contribution in [3.8, 4) is 5.88 Å². The summed E-state index contributed by atoms with van der Waals surface area (Å²) in [7, 11) is -2.26. The standard InChI is InChI=1S/C14H15NO4S/c1-11-3-5-13(6-4-11)20(16,17)19-10-12-7-8-15-14(9-12)18-2/h3-9H,10H2,1-2H3. The number of rotatable bonds is 5. The molecule has 106 valence electrons. The lowest BCUT2D eigenvalue weighted by Crippen LogP contribution is -2.06. The predicted octanol–water partition coefficient (Wildman–Crippen LogP) is 2.30. The number of hydrogen-bond acceptors (Lipinski definition) is 5. The Hall–Kier alpha value is -1.92. The zero-order chi connectivity index (χ0) is 14.6. The maximum Gasteiger partial charge on any atom is 0.297 e. The quantitative estimate of drug-likeness (QED) is 0.791. The minimum atomic E-state index is -3.76. The molecular formula is C14H15NO4S. The Morgan fingerprint density at radius 1 is 1.15 bits per heavy atom.